The molecule has 0 radical (unpaired) electrons. The first kappa shape index (κ1) is 24.4. The van der Waals surface area contributed by atoms with Crippen LogP contribution in [0.25, 0.3) is 0 Å². The van der Waals surface area contributed by atoms with E-state index >= 15 is 0 Å². The third kappa shape index (κ3) is 7.12. The Morgan fingerprint density at radius 2 is 1.83 bits per heavy atom. The maximum atomic E-state index is 14.0. The van der Waals surface area contributed by atoms with E-state index in [0.717, 1.165) is 37.5 Å². The van der Waals surface area contributed by atoms with Gasteiger partial charge in [-0.1, -0.05) is 24.3 Å². The number of hydrogen-bond acceptors (Lipinski definition) is 3. The van der Waals surface area contributed by atoms with E-state index in [1.54, 1.807) is 13.1 Å². The molecule has 5 nitrogen and oxygen atoms in total. The largest absolute Gasteiger partial charge is 0.371 e. The number of para-hydroxylation sites is 1. The summed E-state index contributed by atoms with van der Waals surface area (Å²) in [6, 6.07) is 16.3. The molecule has 1 heterocycles. The van der Waals surface area contributed by atoms with Gasteiger partial charge < -0.3 is 20.4 Å². The fraction of sp³-hybridized carbons (Fsp3) is 0.435. The highest BCUT2D eigenvalue weighted by Gasteiger charge is 2.20. The summed E-state index contributed by atoms with van der Waals surface area (Å²) in [6.45, 7) is 3.27. The Kier molecular flexibility index (Phi) is 9.84. The lowest BCUT2D eigenvalue weighted by Gasteiger charge is -2.34. The van der Waals surface area contributed by atoms with Crippen molar-refractivity contribution in [1.29, 1.82) is 0 Å². The van der Waals surface area contributed by atoms with Crippen LogP contribution in [0.4, 0.5) is 10.1 Å². The number of guanidine groups is 1. The monoisotopic (exact) mass is 525 g/mol. The topological polar surface area (TPSA) is 42.9 Å². The van der Waals surface area contributed by atoms with Gasteiger partial charge in [0.15, 0.2) is 5.96 Å². The fourth-order valence-electron chi connectivity index (χ4n) is 3.69. The minimum Gasteiger partial charge on any atom is -0.371 e. The van der Waals surface area contributed by atoms with Crippen LogP contribution in [0.3, 0.4) is 0 Å². The van der Waals surface area contributed by atoms with Crippen LogP contribution in [0.1, 0.15) is 24.0 Å². The van der Waals surface area contributed by atoms with Crippen LogP contribution >= 0.6 is 24.0 Å². The summed E-state index contributed by atoms with van der Waals surface area (Å²) in [4.78, 5) is 8.76. The quantitative estimate of drug-likeness (QED) is 0.342. The second-order valence-electron chi connectivity index (χ2n) is 7.83. The molecule has 0 amide bonds. The van der Waals surface area contributed by atoms with Crippen molar-refractivity contribution in [2.75, 3.05) is 39.1 Å². The van der Waals surface area contributed by atoms with Gasteiger partial charge in [0, 0.05) is 50.5 Å². The average Bonchev–Trinajstić information content (AvgIpc) is 2.74. The van der Waals surface area contributed by atoms with Crippen molar-refractivity contribution in [3.63, 3.8) is 0 Å². The Morgan fingerprint density at radius 3 is 2.47 bits per heavy atom. The summed E-state index contributed by atoms with van der Waals surface area (Å²) in [5.74, 6) is 0.636. The molecule has 0 saturated carbocycles. The molecule has 0 bridgehead atoms. The highest BCUT2D eigenvalue weighted by Crippen LogP contribution is 2.19. The first-order valence-electron chi connectivity index (χ1n) is 10.2. The smallest absolute Gasteiger partial charge is 0.191 e. The third-order valence-corrected chi connectivity index (χ3v) is 5.24. The summed E-state index contributed by atoms with van der Waals surface area (Å²) in [5, 5.41) is 6.90. The van der Waals surface area contributed by atoms with Gasteiger partial charge in [0.05, 0.1) is 0 Å². The number of benzene rings is 2. The lowest BCUT2D eigenvalue weighted by molar-refractivity contribution is 0.392. The van der Waals surface area contributed by atoms with E-state index in [0.29, 0.717) is 24.7 Å². The molecule has 0 spiro atoms. The molecule has 0 atom stereocenters. The highest BCUT2D eigenvalue weighted by atomic mass is 127. The summed E-state index contributed by atoms with van der Waals surface area (Å²) >= 11 is 0. The van der Waals surface area contributed by atoms with Crippen molar-refractivity contribution in [3.8, 4) is 0 Å². The maximum Gasteiger partial charge on any atom is 0.191 e. The number of nitrogens with one attached hydrogen (secondary N) is 2. The molecule has 0 aliphatic carbocycles. The van der Waals surface area contributed by atoms with Crippen molar-refractivity contribution in [3.05, 3.63) is 65.5 Å². The predicted octanol–water partition coefficient (Wildman–Crippen LogP) is 3.84. The van der Waals surface area contributed by atoms with E-state index < -0.39 is 0 Å². The van der Waals surface area contributed by atoms with E-state index in [2.05, 4.69) is 50.9 Å². The fourth-order valence-corrected chi connectivity index (χ4v) is 3.69. The van der Waals surface area contributed by atoms with Crippen LogP contribution in [-0.2, 0) is 13.1 Å². The Morgan fingerprint density at radius 1 is 1.13 bits per heavy atom. The Hall–Kier alpha value is -1.87. The molecule has 1 aliphatic rings. The normalized spacial score (nSPS) is 15.1. The van der Waals surface area contributed by atoms with Gasteiger partial charge in [-0.2, -0.15) is 0 Å². The van der Waals surface area contributed by atoms with Crippen molar-refractivity contribution in [2.45, 2.75) is 32.0 Å². The van der Waals surface area contributed by atoms with Gasteiger partial charge in [0.2, 0.25) is 0 Å². The van der Waals surface area contributed by atoms with Gasteiger partial charge in [-0.05, 0) is 56.8 Å². The van der Waals surface area contributed by atoms with Crippen LogP contribution in [-0.4, -0.2) is 51.1 Å². The molecule has 2 N–H and O–H groups in total. The van der Waals surface area contributed by atoms with Crippen molar-refractivity contribution in [2.24, 2.45) is 4.99 Å². The van der Waals surface area contributed by atoms with Crippen molar-refractivity contribution < 1.29 is 4.39 Å². The Balaban J connectivity index is 0.00000320. The predicted molar refractivity (Wildman–Crippen MR) is 134 cm³/mol. The van der Waals surface area contributed by atoms with E-state index in [9.17, 15) is 4.39 Å². The molecule has 1 aliphatic heterocycles. The molecule has 2 aromatic carbocycles. The zero-order valence-electron chi connectivity index (χ0n) is 18.1. The Bertz CT molecular complexity index is 804. The van der Waals surface area contributed by atoms with Crippen molar-refractivity contribution >= 4 is 35.6 Å². The molecule has 164 valence electrons. The molecule has 0 aromatic heterocycles. The summed E-state index contributed by atoms with van der Waals surface area (Å²) in [5.41, 5.74) is 3.05. The van der Waals surface area contributed by atoms with Crippen molar-refractivity contribution in [1.82, 2.24) is 15.5 Å². The van der Waals surface area contributed by atoms with Gasteiger partial charge in [-0.3, -0.25) is 4.99 Å². The summed E-state index contributed by atoms with van der Waals surface area (Å²) in [7, 11) is 5.68. The highest BCUT2D eigenvalue weighted by molar-refractivity contribution is 14.0. The number of piperidine rings is 1. The number of nitrogens with zero attached hydrogens (tertiary/aromatic N) is 3. The standard InChI is InChI=1S/C23H32FN5.HI/c1-25-23(26-16-18-9-10-22(24)19(15-18)17-28(2)3)27-20-11-13-29(14-12-20)21-7-5-4-6-8-21;/h4-10,15,20H,11-14,16-17H2,1-3H3,(H2,25,26,27);1H. The molecular weight excluding hydrogens is 492 g/mol. The summed E-state index contributed by atoms with van der Waals surface area (Å²) < 4.78 is 14.0. The molecule has 7 heteroatoms. The minimum atomic E-state index is -0.157. The average molecular weight is 525 g/mol. The van der Waals surface area contributed by atoms with Gasteiger partial charge in [-0.15, -0.1) is 24.0 Å². The second-order valence-corrected chi connectivity index (χ2v) is 7.83. The first-order valence-corrected chi connectivity index (χ1v) is 10.2. The molecular formula is C23H33FIN5. The molecule has 2 aromatic rings. The van der Waals surface area contributed by atoms with E-state index in [1.807, 2.05) is 31.1 Å². The number of anilines is 1. The number of rotatable bonds is 6. The van der Waals surface area contributed by atoms with E-state index in [-0.39, 0.29) is 29.8 Å². The van der Waals surface area contributed by atoms with Crippen LogP contribution in [0.2, 0.25) is 0 Å². The van der Waals surface area contributed by atoms with Gasteiger partial charge in [0.1, 0.15) is 5.82 Å². The molecule has 30 heavy (non-hydrogen) atoms. The van der Waals surface area contributed by atoms with Crippen LogP contribution in [0.5, 0.6) is 0 Å². The van der Waals surface area contributed by atoms with Crippen LogP contribution in [0, 0.1) is 5.82 Å². The van der Waals surface area contributed by atoms with Crippen LogP contribution in [0.15, 0.2) is 53.5 Å². The number of halogens is 2. The second kappa shape index (κ2) is 12.1. The lowest BCUT2D eigenvalue weighted by Crippen LogP contribution is -2.48. The molecule has 3 rings (SSSR count). The van der Waals surface area contributed by atoms with Gasteiger partial charge >= 0.3 is 0 Å². The first-order chi connectivity index (χ1) is 14.0. The number of aliphatic imine (C=N–C) groups is 1. The van der Waals surface area contributed by atoms with E-state index in [1.165, 1.54) is 5.69 Å². The molecule has 1 fully saturated rings. The maximum absolute atomic E-state index is 14.0. The van der Waals surface area contributed by atoms with E-state index in [4.69, 9.17) is 0 Å². The minimum absolute atomic E-state index is 0. The zero-order chi connectivity index (χ0) is 20.6. The summed E-state index contributed by atoms with van der Waals surface area (Å²) in [6.07, 6.45) is 2.14. The Labute approximate surface area is 196 Å². The van der Waals surface area contributed by atoms with Gasteiger partial charge in [0.25, 0.3) is 0 Å². The SMILES string of the molecule is CN=C(NCc1ccc(F)c(CN(C)C)c1)NC1CCN(c2ccccc2)CC1.I. The lowest BCUT2D eigenvalue weighted by atomic mass is 10.0. The number of hydrogen-bond donors (Lipinski definition) is 2. The van der Waals surface area contributed by atoms with Gasteiger partial charge in [-0.25, -0.2) is 4.39 Å². The zero-order valence-corrected chi connectivity index (χ0v) is 20.4. The molecule has 1 saturated heterocycles. The van der Waals surface area contributed by atoms with Crippen LogP contribution < -0.4 is 15.5 Å². The molecule has 0 unspecified atom stereocenters. The third-order valence-electron chi connectivity index (χ3n) is 5.24.